The SMILES string of the molecule is c1ccc(-c2nc3ccccc3c3c2C2C4C5C3C245)cc1. The number of benzene rings is 2. The van der Waals surface area contributed by atoms with Crippen LogP contribution in [0.3, 0.4) is 0 Å². The molecule has 3 fully saturated rings. The Labute approximate surface area is 122 Å². The zero-order chi connectivity index (χ0) is 13.3. The van der Waals surface area contributed by atoms with Gasteiger partial charge in [0.1, 0.15) is 0 Å². The van der Waals surface area contributed by atoms with Crippen LogP contribution in [0.15, 0.2) is 54.6 Å². The van der Waals surface area contributed by atoms with E-state index in [2.05, 4.69) is 54.6 Å². The highest BCUT2D eigenvalue weighted by Crippen LogP contribution is 3.12. The molecule has 0 aliphatic heterocycles. The van der Waals surface area contributed by atoms with Crippen molar-refractivity contribution in [2.45, 2.75) is 11.8 Å². The molecule has 5 atom stereocenters. The minimum Gasteiger partial charge on any atom is -0.247 e. The molecule has 3 aromatic rings. The third-order valence-electron chi connectivity index (χ3n) is 6.65. The van der Waals surface area contributed by atoms with Crippen LogP contribution in [0.5, 0.6) is 0 Å². The van der Waals surface area contributed by atoms with Gasteiger partial charge in [0.2, 0.25) is 0 Å². The van der Waals surface area contributed by atoms with Crippen LogP contribution >= 0.6 is 0 Å². The predicted molar refractivity (Wildman–Crippen MR) is 82.1 cm³/mol. The third kappa shape index (κ3) is 0.800. The minimum absolute atomic E-state index is 0.748. The molecule has 2 aromatic carbocycles. The Kier molecular flexibility index (Phi) is 1.22. The summed E-state index contributed by atoms with van der Waals surface area (Å²) in [5.74, 6) is 3.84. The number of hydrogen-bond donors (Lipinski definition) is 0. The predicted octanol–water partition coefficient (Wildman–Crippen LogP) is 4.34. The van der Waals surface area contributed by atoms with Gasteiger partial charge in [0.05, 0.1) is 11.2 Å². The number of fused-ring (bicyclic) bond motifs is 8. The second-order valence-corrected chi connectivity index (χ2v) is 7.18. The number of pyridine rings is 1. The molecule has 5 unspecified atom stereocenters. The lowest BCUT2D eigenvalue weighted by Gasteiger charge is -2.20. The van der Waals surface area contributed by atoms with Gasteiger partial charge in [0, 0.05) is 10.9 Å². The first-order chi connectivity index (χ1) is 10.4. The van der Waals surface area contributed by atoms with E-state index in [0.29, 0.717) is 0 Å². The summed E-state index contributed by atoms with van der Waals surface area (Å²) in [4.78, 5) is 5.06. The van der Waals surface area contributed by atoms with Crippen LogP contribution in [-0.2, 0) is 0 Å². The molecule has 1 spiro atoms. The highest BCUT2D eigenvalue weighted by Gasteiger charge is 3.06. The van der Waals surface area contributed by atoms with Crippen LogP contribution in [0, 0.1) is 17.3 Å². The first-order valence-corrected chi connectivity index (χ1v) is 7.92. The summed E-state index contributed by atoms with van der Waals surface area (Å²) >= 11 is 0. The Hall–Kier alpha value is -2.15. The van der Waals surface area contributed by atoms with Crippen molar-refractivity contribution in [1.82, 2.24) is 4.98 Å². The summed E-state index contributed by atoms with van der Waals surface area (Å²) in [6, 6.07) is 19.5. The van der Waals surface area contributed by atoms with Crippen molar-refractivity contribution >= 4 is 10.9 Å². The van der Waals surface area contributed by atoms with Gasteiger partial charge in [0.15, 0.2) is 0 Å². The molecule has 4 aliphatic carbocycles. The standard InChI is InChI=1S/C20H13N/c1-2-6-10(7-3-1)19-14-13(11-8-4-5-9-12(11)21-19)15-17-18-16(14)20(15,17)18/h1-9,15-18H. The smallest absolute Gasteiger partial charge is 0.0747 e. The van der Waals surface area contributed by atoms with Crippen molar-refractivity contribution in [2.75, 3.05) is 0 Å². The summed E-state index contributed by atoms with van der Waals surface area (Å²) < 4.78 is 0. The van der Waals surface area contributed by atoms with E-state index in [1.165, 1.54) is 22.2 Å². The summed E-state index contributed by atoms with van der Waals surface area (Å²) in [6.45, 7) is 0. The van der Waals surface area contributed by atoms with E-state index >= 15 is 0 Å². The van der Waals surface area contributed by atoms with E-state index in [4.69, 9.17) is 4.98 Å². The molecular weight excluding hydrogens is 254 g/mol. The number of hydrogen-bond acceptors (Lipinski definition) is 1. The summed E-state index contributed by atoms with van der Waals surface area (Å²) in [7, 11) is 0. The van der Waals surface area contributed by atoms with Crippen LogP contribution in [0.2, 0.25) is 0 Å². The Morgan fingerprint density at radius 3 is 2.33 bits per heavy atom. The first-order valence-electron chi connectivity index (χ1n) is 7.92. The third-order valence-corrected chi connectivity index (χ3v) is 6.65. The molecule has 21 heavy (non-hydrogen) atoms. The van der Waals surface area contributed by atoms with E-state index < -0.39 is 0 Å². The van der Waals surface area contributed by atoms with Crippen molar-refractivity contribution < 1.29 is 0 Å². The van der Waals surface area contributed by atoms with Crippen molar-refractivity contribution in [1.29, 1.82) is 0 Å². The van der Waals surface area contributed by atoms with E-state index in [1.54, 1.807) is 11.1 Å². The van der Waals surface area contributed by atoms with Gasteiger partial charge in [-0.1, -0.05) is 48.5 Å². The van der Waals surface area contributed by atoms with Gasteiger partial charge in [0.25, 0.3) is 0 Å². The number of rotatable bonds is 1. The van der Waals surface area contributed by atoms with E-state index in [-0.39, 0.29) is 0 Å². The molecule has 3 saturated carbocycles. The number of para-hydroxylation sites is 1. The molecule has 1 heterocycles. The van der Waals surface area contributed by atoms with Gasteiger partial charge in [-0.3, -0.25) is 0 Å². The Morgan fingerprint density at radius 2 is 1.48 bits per heavy atom. The summed E-state index contributed by atoms with van der Waals surface area (Å²) in [5, 5.41) is 1.42. The van der Waals surface area contributed by atoms with E-state index in [9.17, 15) is 0 Å². The maximum Gasteiger partial charge on any atom is 0.0747 e. The van der Waals surface area contributed by atoms with Crippen LogP contribution < -0.4 is 0 Å². The molecule has 1 heteroatoms. The largest absolute Gasteiger partial charge is 0.247 e. The molecule has 1 aromatic heterocycles. The maximum atomic E-state index is 5.06. The van der Waals surface area contributed by atoms with Gasteiger partial charge >= 0.3 is 0 Å². The molecule has 0 amide bonds. The minimum atomic E-state index is 0.748. The van der Waals surface area contributed by atoms with E-state index in [0.717, 1.165) is 29.1 Å². The molecule has 0 saturated heterocycles. The molecule has 0 radical (unpaired) electrons. The number of aromatic nitrogens is 1. The molecule has 1 nitrogen and oxygen atoms in total. The molecule has 0 bridgehead atoms. The normalized spacial score (nSPS) is 38.7. The van der Waals surface area contributed by atoms with Crippen LogP contribution in [0.1, 0.15) is 23.0 Å². The Bertz CT molecular complexity index is 974. The fourth-order valence-corrected chi connectivity index (χ4v) is 5.76. The fraction of sp³-hybridized carbons (Fsp3) is 0.250. The molecule has 4 aliphatic rings. The van der Waals surface area contributed by atoms with E-state index in [1.807, 2.05) is 0 Å². The van der Waals surface area contributed by atoms with Gasteiger partial charge < -0.3 is 0 Å². The molecule has 7 rings (SSSR count). The van der Waals surface area contributed by atoms with Crippen molar-refractivity contribution in [3.63, 3.8) is 0 Å². The van der Waals surface area contributed by atoms with Gasteiger partial charge in [-0.05, 0) is 46.3 Å². The highest BCUT2D eigenvalue weighted by molar-refractivity contribution is 5.94. The van der Waals surface area contributed by atoms with Crippen LogP contribution in [0.25, 0.3) is 22.2 Å². The van der Waals surface area contributed by atoms with Crippen molar-refractivity contribution in [2.24, 2.45) is 17.3 Å². The maximum absolute atomic E-state index is 5.06. The monoisotopic (exact) mass is 267 g/mol. The lowest BCUT2D eigenvalue weighted by Crippen LogP contribution is -2.06. The lowest BCUT2D eigenvalue weighted by molar-refractivity contribution is 0.682. The van der Waals surface area contributed by atoms with Gasteiger partial charge in [-0.2, -0.15) is 0 Å². The van der Waals surface area contributed by atoms with Crippen molar-refractivity contribution in [3.8, 4) is 11.3 Å². The Balaban J connectivity index is 1.64. The zero-order valence-electron chi connectivity index (χ0n) is 11.5. The molecule has 98 valence electrons. The highest BCUT2D eigenvalue weighted by atomic mass is 15.1. The number of nitrogens with zero attached hydrogens (tertiary/aromatic N) is 1. The van der Waals surface area contributed by atoms with Gasteiger partial charge in [-0.25, -0.2) is 4.98 Å². The second kappa shape index (κ2) is 2.64. The summed E-state index contributed by atoms with van der Waals surface area (Å²) in [5.41, 5.74) is 7.75. The topological polar surface area (TPSA) is 12.9 Å². The van der Waals surface area contributed by atoms with Crippen molar-refractivity contribution in [3.05, 3.63) is 65.7 Å². The van der Waals surface area contributed by atoms with Crippen LogP contribution in [-0.4, -0.2) is 4.98 Å². The zero-order valence-corrected chi connectivity index (χ0v) is 11.5. The quantitative estimate of drug-likeness (QED) is 0.639. The molecule has 0 N–H and O–H groups in total. The summed E-state index contributed by atoms with van der Waals surface area (Å²) in [6.07, 6.45) is 0. The van der Waals surface area contributed by atoms with Crippen LogP contribution in [0.4, 0.5) is 0 Å². The Morgan fingerprint density at radius 1 is 0.762 bits per heavy atom. The first kappa shape index (κ1) is 9.73. The second-order valence-electron chi connectivity index (χ2n) is 7.18. The van der Waals surface area contributed by atoms with Gasteiger partial charge in [-0.15, -0.1) is 0 Å². The lowest BCUT2D eigenvalue weighted by atomic mass is 9.86. The average molecular weight is 267 g/mol. The molecular formula is C20H13N. The average Bonchev–Trinajstić information content (AvgIpc) is 3.48. The fourth-order valence-electron chi connectivity index (χ4n) is 5.76.